The molecule has 2 nitrogen and oxygen atoms in total. The fourth-order valence-electron chi connectivity index (χ4n) is 1.04. The van der Waals surface area contributed by atoms with Crippen LogP contribution < -0.4 is 10.6 Å². The van der Waals surface area contributed by atoms with Crippen molar-refractivity contribution in [3.8, 4) is 0 Å². The molecule has 1 aromatic rings. The van der Waals surface area contributed by atoms with E-state index in [2.05, 4.69) is 34.9 Å². The summed E-state index contributed by atoms with van der Waals surface area (Å²) >= 11 is 0. The Kier molecular flexibility index (Phi) is 4.42. The van der Waals surface area contributed by atoms with Gasteiger partial charge in [0.1, 0.15) is 0 Å². The Morgan fingerprint density at radius 1 is 1.08 bits per heavy atom. The van der Waals surface area contributed by atoms with E-state index in [0.717, 1.165) is 19.6 Å². The second-order valence-corrected chi connectivity index (χ2v) is 2.77. The standard InChI is InChI=1S/C10H16N2/c1-11-7-8-12-9-10-5-3-2-4-6-10/h2-6,11-12H,7-9H2,1H3. The van der Waals surface area contributed by atoms with Gasteiger partial charge in [-0.1, -0.05) is 30.3 Å². The predicted molar refractivity (Wildman–Crippen MR) is 52.1 cm³/mol. The number of hydrogen-bond acceptors (Lipinski definition) is 2. The van der Waals surface area contributed by atoms with Crippen LogP contribution in [-0.2, 0) is 6.54 Å². The fourth-order valence-corrected chi connectivity index (χ4v) is 1.04. The van der Waals surface area contributed by atoms with Crippen molar-refractivity contribution in [3.05, 3.63) is 35.9 Å². The van der Waals surface area contributed by atoms with Gasteiger partial charge in [-0.25, -0.2) is 0 Å². The summed E-state index contributed by atoms with van der Waals surface area (Å²) in [6.07, 6.45) is 0. The number of benzene rings is 1. The summed E-state index contributed by atoms with van der Waals surface area (Å²) in [5.74, 6) is 0. The lowest BCUT2D eigenvalue weighted by atomic mass is 10.2. The number of hydrogen-bond donors (Lipinski definition) is 2. The van der Waals surface area contributed by atoms with Gasteiger partial charge < -0.3 is 10.6 Å². The number of likely N-dealkylation sites (N-methyl/N-ethyl adjacent to an activating group) is 1. The van der Waals surface area contributed by atoms with Gasteiger partial charge in [-0.15, -0.1) is 0 Å². The highest BCUT2D eigenvalue weighted by molar-refractivity contribution is 5.14. The molecule has 2 N–H and O–H groups in total. The molecule has 0 atom stereocenters. The average Bonchev–Trinajstić information content (AvgIpc) is 2.14. The van der Waals surface area contributed by atoms with Crippen LogP contribution in [0.1, 0.15) is 5.56 Å². The zero-order valence-electron chi connectivity index (χ0n) is 7.51. The van der Waals surface area contributed by atoms with E-state index in [-0.39, 0.29) is 0 Å². The molecule has 0 saturated carbocycles. The van der Waals surface area contributed by atoms with E-state index in [9.17, 15) is 0 Å². The molecule has 0 aliphatic heterocycles. The molecule has 12 heavy (non-hydrogen) atoms. The van der Waals surface area contributed by atoms with Crippen LogP contribution in [0.2, 0.25) is 0 Å². The topological polar surface area (TPSA) is 24.1 Å². The minimum atomic E-state index is 0.961. The Hall–Kier alpha value is -0.860. The summed E-state index contributed by atoms with van der Waals surface area (Å²) in [7, 11) is 1.96. The molecule has 0 aromatic heterocycles. The van der Waals surface area contributed by atoms with E-state index in [1.165, 1.54) is 5.56 Å². The molecule has 0 bridgehead atoms. The monoisotopic (exact) mass is 164 g/mol. The first-order valence-electron chi connectivity index (χ1n) is 4.32. The van der Waals surface area contributed by atoms with Crippen LogP contribution in [-0.4, -0.2) is 20.1 Å². The van der Waals surface area contributed by atoms with Gasteiger partial charge in [0.05, 0.1) is 0 Å². The second-order valence-electron chi connectivity index (χ2n) is 2.77. The molecule has 0 aliphatic rings. The van der Waals surface area contributed by atoms with Crippen molar-refractivity contribution in [1.29, 1.82) is 0 Å². The SMILES string of the molecule is CNCCNCc1ccccc1. The van der Waals surface area contributed by atoms with E-state index in [0.29, 0.717) is 0 Å². The van der Waals surface area contributed by atoms with Crippen LogP contribution in [0.5, 0.6) is 0 Å². The number of rotatable bonds is 5. The smallest absolute Gasteiger partial charge is 0.0206 e. The van der Waals surface area contributed by atoms with Crippen molar-refractivity contribution in [3.63, 3.8) is 0 Å². The van der Waals surface area contributed by atoms with Gasteiger partial charge in [-0.05, 0) is 12.6 Å². The maximum Gasteiger partial charge on any atom is 0.0206 e. The van der Waals surface area contributed by atoms with Crippen molar-refractivity contribution < 1.29 is 0 Å². The van der Waals surface area contributed by atoms with Crippen molar-refractivity contribution in [1.82, 2.24) is 10.6 Å². The first-order chi connectivity index (χ1) is 5.93. The predicted octanol–water partition coefficient (Wildman–Crippen LogP) is 0.996. The molecule has 0 spiro atoms. The second kappa shape index (κ2) is 5.75. The molecule has 0 amide bonds. The highest BCUT2D eigenvalue weighted by Gasteiger charge is 1.88. The molecule has 1 rings (SSSR count). The Morgan fingerprint density at radius 2 is 1.83 bits per heavy atom. The molecule has 2 heteroatoms. The third kappa shape index (κ3) is 3.51. The van der Waals surface area contributed by atoms with Gasteiger partial charge in [0.25, 0.3) is 0 Å². The molecular formula is C10H16N2. The maximum absolute atomic E-state index is 3.34. The summed E-state index contributed by atoms with van der Waals surface area (Å²) in [5.41, 5.74) is 1.34. The Bertz CT molecular complexity index is 196. The van der Waals surface area contributed by atoms with Crippen LogP contribution in [0.3, 0.4) is 0 Å². The molecule has 0 heterocycles. The molecule has 0 radical (unpaired) electrons. The minimum Gasteiger partial charge on any atom is -0.318 e. The van der Waals surface area contributed by atoms with Crippen LogP contribution in [0, 0.1) is 0 Å². The third-order valence-electron chi connectivity index (χ3n) is 1.72. The summed E-state index contributed by atoms with van der Waals surface area (Å²) < 4.78 is 0. The fraction of sp³-hybridized carbons (Fsp3) is 0.400. The minimum absolute atomic E-state index is 0.961. The Morgan fingerprint density at radius 3 is 2.50 bits per heavy atom. The summed E-state index contributed by atoms with van der Waals surface area (Å²) in [6, 6.07) is 10.4. The van der Waals surface area contributed by atoms with Crippen LogP contribution in [0.15, 0.2) is 30.3 Å². The zero-order valence-corrected chi connectivity index (χ0v) is 7.51. The zero-order chi connectivity index (χ0) is 8.65. The van der Waals surface area contributed by atoms with Crippen LogP contribution in [0.4, 0.5) is 0 Å². The maximum atomic E-state index is 3.34. The first kappa shape index (κ1) is 9.23. The lowest BCUT2D eigenvalue weighted by Gasteiger charge is -2.03. The molecule has 0 fully saturated rings. The van der Waals surface area contributed by atoms with E-state index in [1.807, 2.05) is 13.1 Å². The molecule has 0 saturated heterocycles. The van der Waals surface area contributed by atoms with Gasteiger partial charge in [0.15, 0.2) is 0 Å². The van der Waals surface area contributed by atoms with E-state index < -0.39 is 0 Å². The van der Waals surface area contributed by atoms with Gasteiger partial charge in [0, 0.05) is 19.6 Å². The van der Waals surface area contributed by atoms with Crippen molar-refractivity contribution >= 4 is 0 Å². The molecule has 66 valence electrons. The van der Waals surface area contributed by atoms with Gasteiger partial charge in [0.2, 0.25) is 0 Å². The number of nitrogens with one attached hydrogen (secondary N) is 2. The van der Waals surface area contributed by atoms with E-state index in [1.54, 1.807) is 0 Å². The average molecular weight is 164 g/mol. The lowest BCUT2D eigenvalue weighted by Crippen LogP contribution is -2.24. The van der Waals surface area contributed by atoms with Crippen molar-refractivity contribution in [2.75, 3.05) is 20.1 Å². The molecular weight excluding hydrogens is 148 g/mol. The quantitative estimate of drug-likeness (QED) is 0.634. The van der Waals surface area contributed by atoms with Gasteiger partial charge in [-0.2, -0.15) is 0 Å². The van der Waals surface area contributed by atoms with E-state index >= 15 is 0 Å². The molecule has 0 aliphatic carbocycles. The van der Waals surface area contributed by atoms with Crippen molar-refractivity contribution in [2.24, 2.45) is 0 Å². The Labute approximate surface area is 74.0 Å². The highest BCUT2D eigenvalue weighted by atomic mass is 14.9. The highest BCUT2D eigenvalue weighted by Crippen LogP contribution is 1.96. The van der Waals surface area contributed by atoms with Gasteiger partial charge in [-0.3, -0.25) is 0 Å². The largest absolute Gasteiger partial charge is 0.318 e. The first-order valence-corrected chi connectivity index (χ1v) is 4.32. The van der Waals surface area contributed by atoms with E-state index in [4.69, 9.17) is 0 Å². The Balaban J connectivity index is 2.16. The van der Waals surface area contributed by atoms with Crippen LogP contribution >= 0.6 is 0 Å². The normalized spacial score (nSPS) is 10.1. The summed E-state index contributed by atoms with van der Waals surface area (Å²) in [4.78, 5) is 0. The molecule has 0 unspecified atom stereocenters. The third-order valence-corrected chi connectivity index (χ3v) is 1.72. The molecule has 1 aromatic carbocycles. The van der Waals surface area contributed by atoms with Crippen LogP contribution in [0.25, 0.3) is 0 Å². The summed E-state index contributed by atoms with van der Waals surface area (Å²) in [6.45, 7) is 3.00. The lowest BCUT2D eigenvalue weighted by molar-refractivity contribution is 0.651. The summed E-state index contributed by atoms with van der Waals surface area (Å²) in [5, 5.41) is 6.43. The van der Waals surface area contributed by atoms with Gasteiger partial charge >= 0.3 is 0 Å². The van der Waals surface area contributed by atoms with Crippen molar-refractivity contribution in [2.45, 2.75) is 6.54 Å².